The Morgan fingerprint density at radius 2 is 1.75 bits per heavy atom. The maximum atomic E-state index is 8.65. The lowest BCUT2D eigenvalue weighted by atomic mass is 10.3. The molecule has 0 amide bonds. The van der Waals surface area contributed by atoms with E-state index in [0.29, 0.717) is 22.2 Å². The molecule has 2 aromatic carbocycles. The van der Waals surface area contributed by atoms with Crippen LogP contribution >= 0.6 is 11.6 Å². The minimum atomic E-state index is 0.610. The van der Waals surface area contributed by atoms with E-state index in [-0.39, 0.29) is 0 Å². The highest BCUT2D eigenvalue weighted by Crippen LogP contribution is 2.24. The number of hydrogen-bond acceptors (Lipinski definition) is 3. The Bertz CT molecular complexity index is 471. The van der Waals surface area contributed by atoms with Gasteiger partial charge in [-0.2, -0.15) is 0 Å². The zero-order valence-corrected chi connectivity index (χ0v) is 9.11. The van der Waals surface area contributed by atoms with Gasteiger partial charge in [0, 0.05) is 5.02 Å². The molecular formula is C12H10ClNO2. The van der Waals surface area contributed by atoms with E-state index in [0.717, 1.165) is 0 Å². The summed E-state index contributed by atoms with van der Waals surface area (Å²) in [7, 11) is 0. The number of nitrogens with one attached hydrogen (secondary N) is 1. The number of anilines is 1. The summed E-state index contributed by atoms with van der Waals surface area (Å²) < 4.78 is 5.56. The SMILES string of the molecule is ONc1ccc(Oc2cccc(Cl)c2)cc1. The Kier molecular flexibility index (Phi) is 3.29. The zero-order valence-electron chi connectivity index (χ0n) is 8.35. The molecule has 3 nitrogen and oxygen atoms in total. The standard InChI is InChI=1S/C12H10ClNO2/c13-9-2-1-3-12(8-9)16-11-6-4-10(14-15)5-7-11/h1-8,14-15H. The van der Waals surface area contributed by atoms with E-state index in [1.165, 1.54) is 0 Å². The van der Waals surface area contributed by atoms with Crippen molar-refractivity contribution in [2.45, 2.75) is 0 Å². The van der Waals surface area contributed by atoms with Gasteiger partial charge in [0.15, 0.2) is 0 Å². The highest BCUT2D eigenvalue weighted by atomic mass is 35.5. The van der Waals surface area contributed by atoms with Crippen LogP contribution in [-0.4, -0.2) is 5.21 Å². The molecule has 0 radical (unpaired) electrons. The summed E-state index contributed by atoms with van der Waals surface area (Å²) in [4.78, 5) is 0. The van der Waals surface area contributed by atoms with Crippen LogP contribution in [0.3, 0.4) is 0 Å². The second-order valence-electron chi connectivity index (χ2n) is 3.20. The molecule has 82 valence electrons. The van der Waals surface area contributed by atoms with Gasteiger partial charge in [-0.15, -0.1) is 0 Å². The molecule has 0 aliphatic rings. The van der Waals surface area contributed by atoms with E-state index in [2.05, 4.69) is 5.48 Å². The molecule has 0 bridgehead atoms. The first-order valence-electron chi connectivity index (χ1n) is 4.71. The average Bonchev–Trinajstić information content (AvgIpc) is 2.30. The van der Waals surface area contributed by atoms with Gasteiger partial charge >= 0.3 is 0 Å². The van der Waals surface area contributed by atoms with Gasteiger partial charge in [-0.25, -0.2) is 0 Å². The van der Waals surface area contributed by atoms with Gasteiger partial charge in [0.2, 0.25) is 0 Å². The summed E-state index contributed by atoms with van der Waals surface area (Å²) in [6, 6.07) is 14.1. The number of ether oxygens (including phenoxy) is 1. The van der Waals surface area contributed by atoms with E-state index in [9.17, 15) is 0 Å². The largest absolute Gasteiger partial charge is 0.457 e. The molecule has 2 rings (SSSR count). The van der Waals surface area contributed by atoms with Crippen molar-refractivity contribution in [2.24, 2.45) is 0 Å². The van der Waals surface area contributed by atoms with Crippen LogP contribution in [-0.2, 0) is 0 Å². The van der Waals surface area contributed by atoms with Crippen LogP contribution in [0, 0.1) is 0 Å². The van der Waals surface area contributed by atoms with Crippen molar-refractivity contribution < 1.29 is 9.94 Å². The molecule has 0 aromatic heterocycles. The van der Waals surface area contributed by atoms with Crippen LogP contribution in [0.2, 0.25) is 5.02 Å². The van der Waals surface area contributed by atoms with Crippen molar-refractivity contribution in [3.63, 3.8) is 0 Å². The Labute approximate surface area is 98.2 Å². The third-order valence-corrected chi connectivity index (χ3v) is 2.25. The van der Waals surface area contributed by atoms with Gasteiger partial charge in [0.1, 0.15) is 11.5 Å². The van der Waals surface area contributed by atoms with Gasteiger partial charge < -0.3 is 4.74 Å². The predicted octanol–water partition coefficient (Wildman–Crippen LogP) is 3.93. The van der Waals surface area contributed by atoms with E-state index < -0.39 is 0 Å². The first-order chi connectivity index (χ1) is 7.78. The molecule has 0 fully saturated rings. The van der Waals surface area contributed by atoms with Gasteiger partial charge in [-0.1, -0.05) is 17.7 Å². The van der Waals surface area contributed by atoms with Crippen LogP contribution in [0.15, 0.2) is 48.5 Å². The first-order valence-corrected chi connectivity index (χ1v) is 5.09. The minimum absolute atomic E-state index is 0.610. The molecule has 0 aliphatic carbocycles. The Morgan fingerprint density at radius 3 is 2.38 bits per heavy atom. The van der Waals surface area contributed by atoms with E-state index in [1.807, 2.05) is 12.1 Å². The molecule has 16 heavy (non-hydrogen) atoms. The van der Waals surface area contributed by atoms with Gasteiger partial charge in [-0.3, -0.25) is 10.7 Å². The molecule has 0 aliphatic heterocycles. The van der Waals surface area contributed by atoms with Crippen molar-refractivity contribution in [2.75, 3.05) is 5.48 Å². The van der Waals surface area contributed by atoms with Crippen LogP contribution in [0.5, 0.6) is 11.5 Å². The molecule has 2 aromatic rings. The zero-order chi connectivity index (χ0) is 11.4. The van der Waals surface area contributed by atoms with E-state index in [1.54, 1.807) is 36.4 Å². The maximum Gasteiger partial charge on any atom is 0.128 e. The molecule has 0 atom stereocenters. The van der Waals surface area contributed by atoms with Crippen molar-refractivity contribution in [3.05, 3.63) is 53.6 Å². The Morgan fingerprint density at radius 1 is 1.00 bits per heavy atom. The van der Waals surface area contributed by atoms with Crippen molar-refractivity contribution in [1.29, 1.82) is 0 Å². The summed E-state index contributed by atoms with van der Waals surface area (Å²) in [5, 5.41) is 9.28. The highest BCUT2D eigenvalue weighted by Gasteiger charge is 1.98. The quantitative estimate of drug-likeness (QED) is 0.792. The molecule has 2 N–H and O–H groups in total. The van der Waals surface area contributed by atoms with Crippen LogP contribution in [0.4, 0.5) is 5.69 Å². The summed E-state index contributed by atoms with van der Waals surface area (Å²) in [6.45, 7) is 0. The summed E-state index contributed by atoms with van der Waals surface area (Å²) >= 11 is 5.84. The van der Waals surface area contributed by atoms with Gasteiger partial charge in [-0.05, 0) is 42.5 Å². The lowest BCUT2D eigenvalue weighted by Crippen LogP contribution is -1.89. The lowest BCUT2D eigenvalue weighted by Gasteiger charge is -2.06. The summed E-state index contributed by atoms with van der Waals surface area (Å²) in [5.74, 6) is 1.36. The molecular weight excluding hydrogens is 226 g/mol. The number of benzene rings is 2. The third-order valence-electron chi connectivity index (χ3n) is 2.02. The lowest BCUT2D eigenvalue weighted by molar-refractivity contribution is 0.388. The monoisotopic (exact) mass is 235 g/mol. The van der Waals surface area contributed by atoms with Gasteiger partial charge in [0.25, 0.3) is 0 Å². The molecule has 0 heterocycles. The second-order valence-corrected chi connectivity index (χ2v) is 3.63. The maximum absolute atomic E-state index is 8.65. The molecule has 0 spiro atoms. The number of halogens is 1. The van der Waals surface area contributed by atoms with Crippen molar-refractivity contribution in [1.82, 2.24) is 0 Å². The fraction of sp³-hybridized carbons (Fsp3) is 0. The molecule has 0 unspecified atom stereocenters. The van der Waals surface area contributed by atoms with Crippen LogP contribution in [0.25, 0.3) is 0 Å². The topological polar surface area (TPSA) is 41.5 Å². The van der Waals surface area contributed by atoms with Crippen molar-refractivity contribution in [3.8, 4) is 11.5 Å². The highest BCUT2D eigenvalue weighted by molar-refractivity contribution is 6.30. The summed E-state index contributed by atoms with van der Waals surface area (Å²) in [6.07, 6.45) is 0. The van der Waals surface area contributed by atoms with Gasteiger partial charge in [0.05, 0.1) is 5.69 Å². The first kappa shape index (κ1) is 10.8. The Balaban J connectivity index is 2.14. The fourth-order valence-electron chi connectivity index (χ4n) is 1.26. The fourth-order valence-corrected chi connectivity index (χ4v) is 1.44. The third kappa shape index (κ3) is 2.66. The number of hydrogen-bond donors (Lipinski definition) is 2. The number of rotatable bonds is 3. The second kappa shape index (κ2) is 4.88. The van der Waals surface area contributed by atoms with Crippen molar-refractivity contribution >= 4 is 17.3 Å². The van der Waals surface area contributed by atoms with E-state index >= 15 is 0 Å². The molecule has 0 saturated heterocycles. The molecule has 0 saturated carbocycles. The predicted molar refractivity (Wildman–Crippen MR) is 63.4 cm³/mol. The molecule has 4 heteroatoms. The van der Waals surface area contributed by atoms with Crippen LogP contribution < -0.4 is 10.2 Å². The smallest absolute Gasteiger partial charge is 0.128 e. The Hall–Kier alpha value is -1.71. The summed E-state index contributed by atoms with van der Waals surface area (Å²) in [5.41, 5.74) is 2.66. The average molecular weight is 236 g/mol. The minimum Gasteiger partial charge on any atom is -0.457 e. The normalized spacial score (nSPS) is 9.88. The van der Waals surface area contributed by atoms with Crippen LogP contribution in [0.1, 0.15) is 0 Å². The van der Waals surface area contributed by atoms with E-state index in [4.69, 9.17) is 21.5 Å².